The van der Waals surface area contributed by atoms with Gasteiger partial charge in [0.05, 0.1) is 16.3 Å². The number of carbonyl (C=O) groups is 1. The first-order valence-corrected chi connectivity index (χ1v) is 7.33. The zero-order valence-corrected chi connectivity index (χ0v) is 12.1. The van der Waals surface area contributed by atoms with Crippen LogP contribution in [0.2, 0.25) is 0 Å². The SMILES string of the molecule is Cc1nn(C)c(NC(=O)c2cc3sccc3s2)c1N. The van der Waals surface area contributed by atoms with Gasteiger partial charge in [-0.25, -0.2) is 0 Å². The van der Waals surface area contributed by atoms with Crippen molar-refractivity contribution in [3.63, 3.8) is 0 Å². The molecule has 3 aromatic heterocycles. The van der Waals surface area contributed by atoms with Crippen molar-refractivity contribution in [1.29, 1.82) is 0 Å². The minimum atomic E-state index is -0.150. The molecular weight excluding hydrogens is 280 g/mol. The van der Waals surface area contributed by atoms with Gasteiger partial charge in [-0.1, -0.05) is 0 Å². The lowest BCUT2D eigenvalue weighted by atomic mass is 10.3. The summed E-state index contributed by atoms with van der Waals surface area (Å²) in [5.41, 5.74) is 7.11. The summed E-state index contributed by atoms with van der Waals surface area (Å²) in [6, 6.07) is 3.92. The van der Waals surface area contributed by atoms with Gasteiger partial charge in [0.15, 0.2) is 5.82 Å². The van der Waals surface area contributed by atoms with E-state index in [9.17, 15) is 4.79 Å². The zero-order chi connectivity index (χ0) is 13.6. The Bertz CT molecular complexity index is 739. The Balaban J connectivity index is 1.90. The first-order valence-electron chi connectivity index (χ1n) is 5.63. The van der Waals surface area contributed by atoms with Crippen LogP contribution in [-0.2, 0) is 7.05 Å². The fraction of sp³-hybridized carbons (Fsp3) is 0.167. The number of aromatic nitrogens is 2. The minimum absolute atomic E-state index is 0.150. The van der Waals surface area contributed by atoms with E-state index in [2.05, 4.69) is 10.4 Å². The smallest absolute Gasteiger partial charge is 0.267 e. The van der Waals surface area contributed by atoms with Gasteiger partial charge >= 0.3 is 0 Å². The number of rotatable bonds is 2. The maximum absolute atomic E-state index is 12.2. The molecule has 0 aromatic carbocycles. The monoisotopic (exact) mass is 292 g/mol. The number of carbonyl (C=O) groups excluding carboxylic acids is 1. The molecule has 3 aromatic rings. The molecule has 19 heavy (non-hydrogen) atoms. The molecule has 0 aliphatic rings. The second-order valence-electron chi connectivity index (χ2n) is 4.19. The number of nitrogens with two attached hydrogens (primary N) is 1. The van der Waals surface area contributed by atoms with Crippen LogP contribution in [0.15, 0.2) is 17.5 Å². The van der Waals surface area contributed by atoms with Gasteiger partial charge in [-0.05, 0) is 24.4 Å². The number of fused-ring (bicyclic) bond motifs is 1. The van der Waals surface area contributed by atoms with Crippen molar-refractivity contribution in [2.24, 2.45) is 7.05 Å². The van der Waals surface area contributed by atoms with Crippen molar-refractivity contribution in [1.82, 2.24) is 9.78 Å². The van der Waals surface area contributed by atoms with Crippen LogP contribution < -0.4 is 11.1 Å². The highest BCUT2D eigenvalue weighted by Gasteiger charge is 2.16. The predicted molar refractivity (Wildman–Crippen MR) is 80.0 cm³/mol. The predicted octanol–water partition coefficient (Wildman–Crippen LogP) is 2.84. The lowest BCUT2D eigenvalue weighted by Gasteiger charge is -2.04. The van der Waals surface area contributed by atoms with E-state index in [1.165, 1.54) is 11.3 Å². The first-order chi connectivity index (χ1) is 9.06. The van der Waals surface area contributed by atoms with E-state index < -0.39 is 0 Å². The van der Waals surface area contributed by atoms with Crippen molar-refractivity contribution < 1.29 is 4.79 Å². The van der Waals surface area contributed by atoms with Gasteiger partial charge < -0.3 is 11.1 Å². The van der Waals surface area contributed by atoms with Crippen LogP contribution in [0.25, 0.3) is 9.40 Å². The molecule has 0 radical (unpaired) electrons. The van der Waals surface area contributed by atoms with Crippen LogP contribution in [0.4, 0.5) is 11.5 Å². The van der Waals surface area contributed by atoms with Crippen molar-refractivity contribution in [2.45, 2.75) is 6.92 Å². The highest BCUT2D eigenvalue weighted by molar-refractivity contribution is 7.27. The van der Waals surface area contributed by atoms with E-state index in [0.29, 0.717) is 22.1 Å². The van der Waals surface area contributed by atoms with E-state index in [4.69, 9.17) is 5.73 Å². The molecule has 3 heterocycles. The van der Waals surface area contributed by atoms with Gasteiger partial charge in [0.1, 0.15) is 0 Å². The molecule has 0 aliphatic heterocycles. The third-order valence-electron chi connectivity index (χ3n) is 2.86. The summed E-state index contributed by atoms with van der Waals surface area (Å²) >= 11 is 3.11. The molecule has 0 bridgehead atoms. The second kappa shape index (κ2) is 4.36. The molecule has 0 saturated heterocycles. The Labute approximate surface area is 117 Å². The number of anilines is 2. The molecule has 0 saturated carbocycles. The Kier molecular flexibility index (Phi) is 2.79. The summed E-state index contributed by atoms with van der Waals surface area (Å²) in [5.74, 6) is 0.391. The largest absolute Gasteiger partial charge is 0.394 e. The highest BCUT2D eigenvalue weighted by Crippen LogP contribution is 2.31. The average Bonchev–Trinajstić information content (AvgIpc) is 2.99. The summed E-state index contributed by atoms with van der Waals surface area (Å²) in [5, 5.41) is 9.01. The molecular formula is C12H12N4OS2. The number of nitrogens with zero attached hydrogens (tertiary/aromatic N) is 2. The third-order valence-corrected chi connectivity index (χ3v) is 4.96. The van der Waals surface area contributed by atoms with E-state index in [0.717, 1.165) is 9.40 Å². The van der Waals surface area contributed by atoms with Gasteiger partial charge in [-0.3, -0.25) is 9.48 Å². The average molecular weight is 292 g/mol. The topological polar surface area (TPSA) is 72.9 Å². The van der Waals surface area contributed by atoms with Crippen molar-refractivity contribution in [3.8, 4) is 0 Å². The summed E-state index contributed by atoms with van der Waals surface area (Å²) < 4.78 is 3.84. The van der Waals surface area contributed by atoms with Gasteiger partial charge in [0, 0.05) is 16.4 Å². The van der Waals surface area contributed by atoms with Gasteiger partial charge in [-0.2, -0.15) is 5.10 Å². The number of hydrogen-bond acceptors (Lipinski definition) is 5. The Morgan fingerprint density at radius 2 is 2.26 bits per heavy atom. The molecule has 0 unspecified atom stereocenters. The molecule has 98 valence electrons. The summed E-state index contributed by atoms with van der Waals surface area (Å²) in [7, 11) is 1.76. The Morgan fingerprint density at radius 3 is 2.89 bits per heavy atom. The van der Waals surface area contributed by atoms with E-state index in [1.54, 1.807) is 23.1 Å². The number of aryl methyl sites for hydroxylation is 2. The second-order valence-corrected chi connectivity index (χ2v) is 6.22. The standard InChI is InChI=1S/C12H12N4OS2/c1-6-10(13)11(16(2)15-6)14-12(17)9-5-8-7(19-9)3-4-18-8/h3-5H,13H2,1-2H3,(H,14,17). The molecule has 3 rings (SSSR count). The lowest BCUT2D eigenvalue weighted by Crippen LogP contribution is -2.14. The first kappa shape index (κ1) is 12.2. The molecule has 0 atom stereocenters. The molecule has 5 nitrogen and oxygen atoms in total. The Morgan fingerprint density at radius 1 is 1.47 bits per heavy atom. The van der Waals surface area contributed by atoms with E-state index in [-0.39, 0.29) is 5.91 Å². The summed E-state index contributed by atoms with van der Waals surface area (Å²) in [4.78, 5) is 12.9. The van der Waals surface area contributed by atoms with Crippen molar-refractivity contribution >= 4 is 49.5 Å². The fourth-order valence-electron chi connectivity index (χ4n) is 1.87. The Hall–Kier alpha value is -1.86. The van der Waals surface area contributed by atoms with Gasteiger partial charge in [0.2, 0.25) is 0 Å². The fourth-order valence-corrected chi connectivity index (χ4v) is 3.87. The molecule has 0 spiro atoms. The third kappa shape index (κ3) is 2.00. The zero-order valence-electron chi connectivity index (χ0n) is 10.4. The summed E-state index contributed by atoms with van der Waals surface area (Å²) in [6.07, 6.45) is 0. The van der Waals surface area contributed by atoms with Crippen LogP contribution in [0, 0.1) is 6.92 Å². The molecule has 1 amide bonds. The molecule has 0 aliphatic carbocycles. The van der Waals surface area contributed by atoms with E-state index in [1.807, 2.05) is 24.4 Å². The van der Waals surface area contributed by atoms with Crippen molar-refractivity contribution in [2.75, 3.05) is 11.1 Å². The minimum Gasteiger partial charge on any atom is -0.394 e. The van der Waals surface area contributed by atoms with Gasteiger partial charge in [-0.15, -0.1) is 22.7 Å². The van der Waals surface area contributed by atoms with Crippen LogP contribution in [0.1, 0.15) is 15.4 Å². The number of amides is 1. The quantitative estimate of drug-likeness (QED) is 0.763. The molecule has 7 heteroatoms. The van der Waals surface area contributed by atoms with Crippen LogP contribution in [-0.4, -0.2) is 15.7 Å². The van der Waals surface area contributed by atoms with Crippen LogP contribution in [0.5, 0.6) is 0 Å². The maximum atomic E-state index is 12.2. The molecule has 0 fully saturated rings. The molecule has 3 N–H and O–H groups in total. The summed E-state index contributed by atoms with van der Waals surface area (Å²) in [6.45, 7) is 1.81. The number of thiophene rings is 2. The van der Waals surface area contributed by atoms with E-state index >= 15 is 0 Å². The van der Waals surface area contributed by atoms with Crippen LogP contribution in [0.3, 0.4) is 0 Å². The number of hydrogen-bond donors (Lipinski definition) is 2. The number of nitrogens with one attached hydrogen (secondary N) is 1. The van der Waals surface area contributed by atoms with Crippen molar-refractivity contribution in [3.05, 3.63) is 28.1 Å². The normalized spacial score (nSPS) is 11.1. The van der Waals surface area contributed by atoms with Gasteiger partial charge in [0.25, 0.3) is 5.91 Å². The maximum Gasteiger partial charge on any atom is 0.267 e. The lowest BCUT2D eigenvalue weighted by molar-refractivity contribution is 0.102. The number of nitrogen functional groups attached to an aromatic ring is 1. The highest BCUT2D eigenvalue weighted by atomic mass is 32.1. The van der Waals surface area contributed by atoms with Crippen LogP contribution >= 0.6 is 22.7 Å².